The largest absolute Gasteiger partial charge is 0.317 e. The molecule has 10 heteroatoms. The highest BCUT2D eigenvalue weighted by atomic mass is 32.2. The Kier molecular flexibility index (Phi) is 7.17. The molecule has 2 aromatic carbocycles. The number of hydrogen-bond acceptors (Lipinski definition) is 5. The van der Waals surface area contributed by atoms with Gasteiger partial charge >= 0.3 is 0 Å². The van der Waals surface area contributed by atoms with Crippen LogP contribution in [-0.2, 0) is 11.0 Å². The Morgan fingerprint density at radius 1 is 1.08 bits per heavy atom. The highest BCUT2D eigenvalue weighted by Gasteiger charge is 2.25. The van der Waals surface area contributed by atoms with Crippen LogP contribution in [0.1, 0.15) is 29.5 Å². The molecular formula is C26H23F3N4OS2. The number of piperidine rings is 1. The number of aromatic nitrogens is 2. The molecule has 1 aliphatic rings. The van der Waals surface area contributed by atoms with Crippen LogP contribution in [0, 0.1) is 24.4 Å². The number of benzene rings is 2. The van der Waals surface area contributed by atoms with Gasteiger partial charge in [0.25, 0.3) is 0 Å². The molecule has 36 heavy (non-hydrogen) atoms. The van der Waals surface area contributed by atoms with E-state index in [9.17, 15) is 13.0 Å². The van der Waals surface area contributed by atoms with E-state index in [1.807, 2.05) is 19.1 Å². The first kappa shape index (κ1) is 24.6. The van der Waals surface area contributed by atoms with Crippen LogP contribution in [0.4, 0.5) is 18.9 Å². The lowest BCUT2D eigenvalue weighted by atomic mass is 9.99. The van der Waals surface area contributed by atoms with Gasteiger partial charge in [-0.2, -0.15) is 0 Å². The van der Waals surface area contributed by atoms with Gasteiger partial charge in [-0.1, -0.05) is 6.07 Å². The second kappa shape index (κ2) is 10.5. The van der Waals surface area contributed by atoms with Crippen LogP contribution < -0.4 is 10.0 Å². The molecule has 1 fully saturated rings. The zero-order chi connectivity index (χ0) is 25.2. The van der Waals surface area contributed by atoms with Crippen LogP contribution in [-0.4, -0.2) is 27.3 Å². The fraction of sp³-hybridized carbons (Fsp3) is 0.231. The van der Waals surface area contributed by atoms with E-state index >= 15 is 4.39 Å². The van der Waals surface area contributed by atoms with Gasteiger partial charge in [-0.15, -0.1) is 11.3 Å². The van der Waals surface area contributed by atoms with E-state index in [0.717, 1.165) is 65.3 Å². The van der Waals surface area contributed by atoms with Crippen LogP contribution in [0.15, 0.2) is 59.6 Å². The summed E-state index contributed by atoms with van der Waals surface area (Å²) in [5, 5.41) is 4.30. The second-order valence-corrected chi connectivity index (χ2v) is 10.8. The first-order chi connectivity index (χ1) is 17.4. The molecule has 2 aromatic heterocycles. The molecule has 1 saturated heterocycles. The summed E-state index contributed by atoms with van der Waals surface area (Å²) in [7, 11) is -2.21. The summed E-state index contributed by atoms with van der Waals surface area (Å²) in [5.41, 5.74) is 2.35. The number of halogens is 3. The Morgan fingerprint density at radius 2 is 1.89 bits per heavy atom. The van der Waals surface area contributed by atoms with Crippen molar-refractivity contribution in [1.29, 1.82) is 0 Å². The third-order valence-electron chi connectivity index (χ3n) is 6.04. The summed E-state index contributed by atoms with van der Waals surface area (Å²) in [4.78, 5) is 9.59. The molecule has 1 aliphatic heterocycles. The Bertz CT molecular complexity index is 1440. The van der Waals surface area contributed by atoms with E-state index in [-0.39, 0.29) is 17.2 Å². The highest BCUT2D eigenvalue weighted by molar-refractivity contribution is 7.86. The minimum atomic E-state index is -2.21. The Morgan fingerprint density at radius 3 is 2.67 bits per heavy atom. The zero-order valence-corrected chi connectivity index (χ0v) is 21.0. The van der Waals surface area contributed by atoms with Crippen molar-refractivity contribution in [3.8, 4) is 21.7 Å². The zero-order valence-electron chi connectivity index (χ0n) is 19.4. The predicted molar refractivity (Wildman–Crippen MR) is 137 cm³/mol. The van der Waals surface area contributed by atoms with Gasteiger partial charge in [-0.05, 0) is 80.9 Å². The van der Waals surface area contributed by atoms with Crippen molar-refractivity contribution in [2.45, 2.75) is 30.6 Å². The number of rotatable bonds is 6. The Hall–Kier alpha value is -3.08. The molecular weight excluding hydrogens is 505 g/mol. The SMILES string of the molecule is Cc1cc(-c2sc(C3CCNCC3)nc2-c2cccc(NS(=O)c3cc(F)ccc3F)c2F)ccn1. The molecule has 0 saturated carbocycles. The van der Waals surface area contributed by atoms with Crippen molar-refractivity contribution in [3.05, 3.63) is 82.9 Å². The number of nitrogens with zero attached hydrogens (tertiary/aromatic N) is 2. The topological polar surface area (TPSA) is 66.9 Å². The van der Waals surface area contributed by atoms with Crippen LogP contribution in [0.25, 0.3) is 21.7 Å². The van der Waals surface area contributed by atoms with Crippen LogP contribution in [0.3, 0.4) is 0 Å². The maximum atomic E-state index is 15.8. The summed E-state index contributed by atoms with van der Waals surface area (Å²) >= 11 is 1.55. The lowest BCUT2D eigenvalue weighted by Crippen LogP contribution is -2.26. The molecule has 3 heterocycles. The first-order valence-electron chi connectivity index (χ1n) is 11.5. The molecule has 0 aliphatic carbocycles. The summed E-state index contributed by atoms with van der Waals surface area (Å²) in [6.45, 7) is 3.70. The number of nitrogens with one attached hydrogen (secondary N) is 2. The molecule has 0 amide bonds. The lowest BCUT2D eigenvalue weighted by Gasteiger charge is -2.20. The first-order valence-corrected chi connectivity index (χ1v) is 13.4. The van der Waals surface area contributed by atoms with E-state index in [2.05, 4.69) is 15.0 Å². The average Bonchev–Trinajstić information content (AvgIpc) is 3.32. The smallest absolute Gasteiger partial charge is 0.156 e. The number of thiazole rings is 1. The molecule has 0 bridgehead atoms. The van der Waals surface area contributed by atoms with E-state index in [0.29, 0.717) is 5.69 Å². The summed E-state index contributed by atoms with van der Waals surface area (Å²) in [5.74, 6) is -1.97. The maximum Gasteiger partial charge on any atom is 0.156 e. The van der Waals surface area contributed by atoms with Gasteiger partial charge in [0.2, 0.25) is 0 Å². The van der Waals surface area contributed by atoms with E-state index in [4.69, 9.17) is 4.98 Å². The molecule has 0 spiro atoms. The fourth-order valence-corrected chi connectivity index (χ4v) is 6.39. The number of anilines is 1. The van der Waals surface area contributed by atoms with Crippen molar-refractivity contribution in [2.75, 3.05) is 17.8 Å². The quantitative estimate of drug-likeness (QED) is 0.313. The highest BCUT2D eigenvalue weighted by Crippen LogP contribution is 2.42. The van der Waals surface area contributed by atoms with Crippen molar-refractivity contribution in [1.82, 2.24) is 15.3 Å². The fourth-order valence-electron chi connectivity index (χ4n) is 4.21. The normalized spacial score (nSPS) is 15.1. The van der Waals surface area contributed by atoms with Crippen LogP contribution in [0.2, 0.25) is 0 Å². The van der Waals surface area contributed by atoms with E-state index in [1.54, 1.807) is 29.7 Å². The molecule has 2 N–H and O–H groups in total. The molecule has 0 radical (unpaired) electrons. The predicted octanol–water partition coefficient (Wildman–Crippen LogP) is 6.20. The van der Waals surface area contributed by atoms with Gasteiger partial charge < -0.3 is 5.32 Å². The van der Waals surface area contributed by atoms with Crippen molar-refractivity contribution < 1.29 is 17.4 Å². The molecule has 186 valence electrons. The number of pyridine rings is 1. The number of hydrogen-bond donors (Lipinski definition) is 2. The van der Waals surface area contributed by atoms with Gasteiger partial charge in [0.05, 0.1) is 26.2 Å². The van der Waals surface area contributed by atoms with E-state index in [1.165, 1.54) is 6.07 Å². The molecule has 5 rings (SSSR count). The van der Waals surface area contributed by atoms with Gasteiger partial charge in [-0.3, -0.25) is 9.71 Å². The third kappa shape index (κ3) is 5.07. The van der Waals surface area contributed by atoms with Crippen molar-refractivity contribution >= 4 is 28.0 Å². The van der Waals surface area contributed by atoms with Gasteiger partial charge in [0.1, 0.15) is 11.6 Å². The van der Waals surface area contributed by atoms with Crippen LogP contribution >= 0.6 is 11.3 Å². The van der Waals surface area contributed by atoms with Crippen molar-refractivity contribution in [3.63, 3.8) is 0 Å². The summed E-state index contributed by atoms with van der Waals surface area (Å²) in [6, 6.07) is 11.1. The van der Waals surface area contributed by atoms with Gasteiger partial charge in [0, 0.05) is 23.4 Å². The second-order valence-electron chi connectivity index (χ2n) is 8.55. The average molecular weight is 529 g/mol. The van der Waals surface area contributed by atoms with Gasteiger partial charge in [-0.25, -0.2) is 22.4 Å². The molecule has 1 atom stereocenters. The minimum Gasteiger partial charge on any atom is -0.317 e. The lowest BCUT2D eigenvalue weighted by molar-refractivity contribution is 0.459. The minimum absolute atomic E-state index is 0.0947. The third-order valence-corrected chi connectivity index (χ3v) is 8.42. The van der Waals surface area contributed by atoms with E-state index < -0.39 is 33.3 Å². The van der Waals surface area contributed by atoms with Crippen LogP contribution in [0.5, 0.6) is 0 Å². The maximum absolute atomic E-state index is 15.8. The van der Waals surface area contributed by atoms with Crippen molar-refractivity contribution in [2.24, 2.45) is 0 Å². The monoisotopic (exact) mass is 528 g/mol. The number of aryl methyl sites for hydroxylation is 1. The standard InChI is InChI=1S/C26H23F3N4OS2/c1-15-13-17(9-12-31-15)25-24(32-26(35-25)16-7-10-30-11-8-16)19-3-2-4-21(23(19)29)33-36(34)22-14-18(27)5-6-20(22)28/h2-6,9,12-14,16,30,33H,7-8,10-11H2,1H3. The van der Waals surface area contributed by atoms with Gasteiger partial charge in [0.15, 0.2) is 16.8 Å². The molecule has 5 nitrogen and oxygen atoms in total. The summed E-state index contributed by atoms with van der Waals surface area (Å²) < 4.78 is 58.7. The summed E-state index contributed by atoms with van der Waals surface area (Å²) in [6.07, 6.45) is 3.61. The molecule has 1 unspecified atom stereocenters. The Labute approximate surface area is 213 Å². The Balaban J connectivity index is 1.56. The molecule has 4 aromatic rings.